The molecule has 1 heterocycles. The van der Waals surface area contributed by atoms with Crippen LogP contribution >= 0.6 is 0 Å². The Morgan fingerprint density at radius 1 is 1.41 bits per heavy atom. The lowest BCUT2D eigenvalue weighted by Gasteiger charge is -2.32. The van der Waals surface area contributed by atoms with Crippen molar-refractivity contribution in [2.45, 2.75) is 39.7 Å². The van der Waals surface area contributed by atoms with Crippen molar-refractivity contribution in [3.8, 4) is 5.75 Å². The Hall–Kier alpha value is -1.02. The van der Waals surface area contributed by atoms with Crippen LogP contribution in [-0.2, 0) is 6.54 Å². The molecule has 0 bridgehead atoms. The molecular formula is C15H23NO. The molecule has 0 aromatic heterocycles. The Balaban J connectivity index is 2.02. The van der Waals surface area contributed by atoms with Crippen molar-refractivity contribution in [2.75, 3.05) is 13.1 Å². The number of aromatic hydroxyl groups is 1. The maximum atomic E-state index is 9.86. The Kier molecular flexibility index (Phi) is 4.06. The van der Waals surface area contributed by atoms with E-state index in [0.717, 1.165) is 18.0 Å². The van der Waals surface area contributed by atoms with Gasteiger partial charge in [-0.2, -0.15) is 0 Å². The van der Waals surface area contributed by atoms with Crippen molar-refractivity contribution in [3.63, 3.8) is 0 Å². The average molecular weight is 233 g/mol. The number of phenolic OH excluding ortho intramolecular Hbond substituents is 1. The molecule has 2 nitrogen and oxygen atoms in total. The standard InChI is InChI=1S/C15H23NO/c1-3-13-5-4-8-16(10-13)11-14-9-12(2)6-7-15(14)17/h6-7,9,13,17H,3-5,8,10-11H2,1-2H3. The summed E-state index contributed by atoms with van der Waals surface area (Å²) in [4.78, 5) is 2.48. The lowest BCUT2D eigenvalue weighted by Crippen LogP contribution is -2.34. The normalized spacial score (nSPS) is 21.6. The van der Waals surface area contributed by atoms with Gasteiger partial charge in [0.25, 0.3) is 0 Å². The van der Waals surface area contributed by atoms with Crippen LogP contribution in [0.15, 0.2) is 18.2 Å². The summed E-state index contributed by atoms with van der Waals surface area (Å²) in [5, 5.41) is 9.86. The van der Waals surface area contributed by atoms with Gasteiger partial charge in [0.1, 0.15) is 5.75 Å². The number of phenols is 1. The maximum absolute atomic E-state index is 9.86. The van der Waals surface area contributed by atoms with Gasteiger partial charge >= 0.3 is 0 Å². The van der Waals surface area contributed by atoms with E-state index in [1.807, 2.05) is 12.1 Å². The molecule has 17 heavy (non-hydrogen) atoms. The van der Waals surface area contributed by atoms with Gasteiger partial charge in [-0.15, -0.1) is 0 Å². The van der Waals surface area contributed by atoms with Gasteiger partial charge in [0, 0.05) is 18.7 Å². The summed E-state index contributed by atoms with van der Waals surface area (Å²) in [6.45, 7) is 7.60. The van der Waals surface area contributed by atoms with Crippen LogP contribution in [0, 0.1) is 12.8 Å². The molecule has 2 heteroatoms. The second kappa shape index (κ2) is 5.54. The van der Waals surface area contributed by atoms with E-state index in [-0.39, 0.29) is 0 Å². The van der Waals surface area contributed by atoms with Crippen LogP contribution in [0.2, 0.25) is 0 Å². The molecule has 1 saturated heterocycles. The molecule has 1 unspecified atom stereocenters. The highest BCUT2D eigenvalue weighted by atomic mass is 16.3. The lowest BCUT2D eigenvalue weighted by molar-refractivity contribution is 0.163. The molecule has 1 fully saturated rings. The molecule has 1 aliphatic rings. The van der Waals surface area contributed by atoms with Gasteiger partial charge in [-0.05, 0) is 38.3 Å². The number of aryl methyl sites for hydroxylation is 1. The Labute approximate surface area is 104 Å². The van der Waals surface area contributed by atoms with Crippen molar-refractivity contribution < 1.29 is 5.11 Å². The number of hydrogen-bond acceptors (Lipinski definition) is 2. The zero-order valence-corrected chi connectivity index (χ0v) is 10.9. The number of benzene rings is 1. The van der Waals surface area contributed by atoms with E-state index in [1.165, 1.54) is 37.9 Å². The smallest absolute Gasteiger partial charge is 0.120 e. The van der Waals surface area contributed by atoms with E-state index in [9.17, 15) is 5.11 Å². The van der Waals surface area contributed by atoms with E-state index >= 15 is 0 Å². The second-order valence-corrected chi connectivity index (χ2v) is 5.28. The Morgan fingerprint density at radius 2 is 2.24 bits per heavy atom. The third-order valence-electron chi connectivity index (χ3n) is 3.81. The summed E-state index contributed by atoms with van der Waals surface area (Å²) in [5.74, 6) is 1.28. The minimum atomic E-state index is 0.439. The van der Waals surface area contributed by atoms with Gasteiger partial charge in [-0.1, -0.05) is 31.0 Å². The first kappa shape index (κ1) is 12.4. The molecule has 1 aromatic rings. The first-order valence-electron chi connectivity index (χ1n) is 6.70. The van der Waals surface area contributed by atoms with Gasteiger partial charge in [-0.25, -0.2) is 0 Å². The zero-order valence-electron chi connectivity index (χ0n) is 10.9. The van der Waals surface area contributed by atoms with Crippen LogP contribution in [0.1, 0.15) is 37.3 Å². The molecular weight excluding hydrogens is 210 g/mol. The number of rotatable bonds is 3. The Morgan fingerprint density at radius 3 is 3.00 bits per heavy atom. The summed E-state index contributed by atoms with van der Waals surface area (Å²) < 4.78 is 0. The van der Waals surface area contributed by atoms with Crippen LogP contribution in [0.3, 0.4) is 0 Å². The van der Waals surface area contributed by atoms with Gasteiger partial charge < -0.3 is 5.11 Å². The Bertz CT molecular complexity index is 375. The summed E-state index contributed by atoms with van der Waals surface area (Å²) in [6, 6.07) is 5.88. The average Bonchev–Trinajstić information content (AvgIpc) is 2.34. The van der Waals surface area contributed by atoms with E-state index in [0.29, 0.717) is 5.75 Å². The minimum Gasteiger partial charge on any atom is -0.508 e. The third-order valence-corrected chi connectivity index (χ3v) is 3.81. The molecule has 1 aromatic carbocycles. The highest BCUT2D eigenvalue weighted by Crippen LogP contribution is 2.24. The number of likely N-dealkylation sites (tertiary alicyclic amines) is 1. The van der Waals surface area contributed by atoms with Gasteiger partial charge in [0.05, 0.1) is 0 Å². The predicted molar refractivity (Wildman–Crippen MR) is 71.1 cm³/mol. The molecule has 0 aliphatic carbocycles. The van der Waals surface area contributed by atoms with Crippen molar-refractivity contribution in [1.29, 1.82) is 0 Å². The summed E-state index contributed by atoms with van der Waals surface area (Å²) in [5.41, 5.74) is 2.30. The lowest BCUT2D eigenvalue weighted by atomic mass is 9.95. The minimum absolute atomic E-state index is 0.439. The fourth-order valence-electron chi connectivity index (χ4n) is 2.71. The topological polar surface area (TPSA) is 23.5 Å². The van der Waals surface area contributed by atoms with Gasteiger partial charge in [0.2, 0.25) is 0 Å². The quantitative estimate of drug-likeness (QED) is 0.865. The molecule has 94 valence electrons. The number of piperidine rings is 1. The zero-order chi connectivity index (χ0) is 12.3. The van der Waals surface area contributed by atoms with Crippen LogP contribution in [0.5, 0.6) is 5.75 Å². The van der Waals surface area contributed by atoms with Gasteiger partial charge in [-0.3, -0.25) is 4.90 Å². The van der Waals surface area contributed by atoms with Crippen LogP contribution in [0.4, 0.5) is 0 Å². The van der Waals surface area contributed by atoms with Crippen molar-refractivity contribution in [3.05, 3.63) is 29.3 Å². The molecule has 1 aliphatic heterocycles. The number of hydrogen-bond donors (Lipinski definition) is 1. The largest absolute Gasteiger partial charge is 0.508 e. The maximum Gasteiger partial charge on any atom is 0.120 e. The second-order valence-electron chi connectivity index (χ2n) is 5.28. The van der Waals surface area contributed by atoms with Crippen LogP contribution < -0.4 is 0 Å². The third kappa shape index (κ3) is 3.22. The predicted octanol–water partition coefficient (Wildman–Crippen LogP) is 3.32. The van der Waals surface area contributed by atoms with Crippen molar-refractivity contribution >= 4 is 0 Å². The number of nitrogens with zero attached hydrogens (tertiary/aromatic N) is 1. The van der Waals surface area contributed by atoms with E-state index in [1.54, 1.807) is 0 Å². The van der Waals surface area contributed by atoms with Crippen molar-refractivity contribution in [2.24, 2.45) is 5.92 Å². The first-order chi connectivity index (χ1) is 8.19. The summed E-state index contributed by atoms with van der Waals surface area (Å²) in [6.07, 6.45) is 3.94. The van der Waals surface area contributed by atoms with E-state index in [2.05, 4.69) is 24.8 Å². The SMILES string of the molecule is CCC1CCCN(Cc2cc(C)ccc2O)C1. The van der Waals surface area contributed by atoms with Crippen molar-refractivity contribution in [1.82, 2.24) is 4.90 Å². The highest BCUT2D eigenvalue weighted by molar-refractivity contribution is 5.35. The van der Waals surface area contributed by atoms with Crippen LogP contribution in [-0.4, -0.2) is 23.1 Å². The van der Waals surface area contributed by atoms with Gasteiger partial charge in [0.15, 0.2) is 0 Å². The fraction of sp³-hybridized carbons (Fsp3) is 0.600. The molecule has 0 saturated carbocycles. The molecule has 2 rings (SSSR count). The highest BCUT2D eigenvalue weighted by Gasteiger charge is 2.19. The monoisotopic (exact) mass is 233 g/mol. The molecule has 1 atom stereocenters. The molecule has 0 spiro atoms. The van der Waals surface area contributed by atoms with E-state index in [4.69, 9.17) is 0 Å². The van der Waals surface area contributed by atoms with E-state index < -0.39 is 0 Å². The summed E-state index contributed by atoms with van der Waals surface area (Å²) in [7, 11) is 0. The van der Waals surface area contributed by atoms with Crippen LogP contribution in [0.25, 0.3) is 0 Å². The fourth-order valence-corrected chi connectivity index (χ4v) is 2.71. The molecule has 1 N–H and O–H groups in total. The first-order valence-corrected chi connectivity index (χ1v) is 6.70. The molecule has 0 radical (unpaired) electrons. The molecule has 0 amide bonds. The summed E-state index contributed by atoms with van der Waals surface area (Å²) >= 11 is 0.